The molecule has 3 rings (SSSR count). The van der Waals surface area contributed by atoms with Gasteiger partial charge in [0.25, 0.3) is 5.91 Å². The van der Waals surface area contributed by atoms with Crippen molar-refractivity contribution in [2.24, 2.45) is 5.10 Å². The molecule has 1 aromatic carbocycles. The first kappa shape index (κ1) is 19.8. The fourth-order valence-corrected chi connectivity index (χ4v) is 3.34. The van der Waals surface area contributed by atoms with Crippen LogP contribution in [0.15, 0.2) is 59.0 Å². The summed E-state index contributed by atoms with van der Waals surface area (Å²) in [6, 6.07) is 11.9. The number of thioether (sulfide) groups is 1. The number of nitrogens with one attached hydrogen (secondary N) is 1. The molecule has 2 heterocycles. The van der Waals surface area contributed by atoms with Gasteiger partial charge in [0.15, 0.2) is 11.0 Å². The number of pyridine rings is 1. The van der Waals surface area contributed by atoms with Gasteiger partial charge in [-0.2, -0.15) is 5.10 Å². The summed E-state index contributed by atoms with van der Waals surface area (Å²) in [6.45, 7) is 6.63. The summed E-state index contributed by atoms with van der Waals surface area (Å²) in [7, 11) is 0. The summed E-state index contributed by atoms with van der Waals surface area (Å²) in [4.78, 5) is 16.2. The largest absolute Gasteiger partial charge is 0.302 e. The van der Waals surface area contributed by atoms with Gasteiger partial charge >= 0.3 is 0 Å². The monoisotopic (exact) mass is 394 g/mol. The number of rotatable bonds is 7. The Labute approximate surface area is 168 Å². The molecule has 0 fully saturated rings. The topological polar surface area (TPSA) is 85.1 Å². The Bertz CT molecular complexity index is 966. The number of carbonyl (C=O) groups excluding carboxylic acids is 1. The fraction of sp³-hybridized carbons (Fsp3) is 0.250. The summed E-state index contributed by atoms with van der Waals surface area (Å²) >= 11 is 1.34. The minimum atomic E-state index is -0.198. The van der Waals surface area contributed by atoms with Gasteiger partial charge in [-0.25, -0.2) is 5.43 Å². The first-order valence-electron chi connectivity index (χ1n) is 8.95. The molecule has 8 heteroatoms. The highest BCUT2D eigenvalue weighted by molar-refractivity contribution is 7.99. The number of benzene rings is 1. The van der Waals surface area contributed by atoms with Crippen molar-refractivity contribution in [3.05, 3.63) is 59.9 Å². The molecular weight excluding hydrogens is 372 g/mol. The zero-order valence-electron chi connectivity index (χ0n) is 16.1. The molecule has 28 heavy (non-hydrogen) atoms. The summed E-state index contributed by atoms with van der Waals surface area (Å²) in [5.74, 6) is 0.808. The van der Waals surface area contributed by atoms with Crippen LogP contribution in [-0.4, -0.2) is 37.1 Å². The third-order valence-corrected chi connectivity index (χ3v) is 5.07. The molecular formula is C20H22N6OS. The smallest absolute Gasteiger partial charge is 0.250 e. The van der Waals surface area contributed by atoms with E-state index in [-0.39, 0.29) is 11.7 Å². The van der Waals surface area contributed by atoms with Crippen molar-refractivity contribution in [3.63, 3.8) is 0 Å². The predicted molar refractivity (Wildman–Crippen MR) is 111 cm³/mol. The van der Waals surface area contributed by atoms with Gasteiger partial charge < -0.3 is 4.57 Å². The lowest BCUT2D eigenvalue weighted by Crippen LogP contribution is -2.21. The van der Waals surface area contributed by atoms with E-state index in [9.17, 15) is 4.79 Å². The number of aromatic nitrogens is 4. The third-order valence-electron chi connectivity index (χ3n) is 4.10. The van der Waals surface area contributed by atoms with Crippen LogP contribution >= 0.6 is 11.8 Å². The van der Waals surface area contributed by atoms with E-state index >= 15 is 0 Å². The van der Waals surface area contributed by atoms with Crippen molar-refractivity contribution >= 4 is 23.4 Å². The quantitative estimate of drug-likeness (QED) is 0.378. The van der Waals surface area contributed by atoms with E-state index in [2.05, 4.69) is 25.7 Å². The van der Waals surface area contributed by atoms with Crippen molar-refractivity contribution in [2.75, 3.05) is 5.75 Å². The zero-order chi connectivity index (χ0) is 19.9. The van der Waals surface area contributed by atoms with Crippen molar-refractivity contribution < 1.29 is 4.79 Å². The lowest BCUT2D eigenvalue weighted by Gasteiger charge is -2.07. The lowest BCUT2D eigenvalue weighted by atomic mass is 10.1. The average molecular weight is 395 g/mol. The van der Waals surface area contributed by atoms with E-state index < -0.39 is 0 Å². The fourth-order valence-electron chi connectivity index (χ4n) is 2.55. The third kappa shape index (κ3) is 4.83. The number of nitrogens with zero attached hydrogens (tertiary/aromatic N) is 5. The highest BCUT2D eigenvalue weighted by Gasteiger charge is 2.14. The number of carbonyl (C=O) groups is 1. The zero-order valence-corrected chi connectivity index (χ0v) is 16.9. The Morgan fingerprint density at radius 2 is 2.00 bits per heavy atom. The average Bonchev–Trinajstić information content (AvgIpc) is 3.14. The Morgan fingerprint density at radius 3 is 2.68 bits per heavy atom. The Hall–Kier alpha value is -3.00. The Morgan fingerprint density at radius 1 is 1.21 bits per heavy atom. The van der Waals surface area contributed by atoms with Crippen molar-refractivity contribution in [2.45, 2.75) is 32.5 Å². The standard InChI is InChI=1S/C20H22N6OS/c1-4-26-19(16-9-7-14(2)8-10-16)24-25-20(26)28-13-18(27)23-22-15(3)17-6-5-11-21-12-17/h5-12H,4,13H2,1-3H3,(H,23,27)/b22-15-. The van der Waals surface area contributed by atoms with Crippen LogP contribution in [0.25, 0.3) is 11.4 Å². The molecule has 0 spiro atoms. The Kier molecular flexibility index (Phi) is 6.54. The maximum Gasteiger partial charge on any atom is 0.250 e. The van der Waals surface area contributed by atoms with Gasteiger partial charge in [0.05, 0.1) is 11.5 Å². The summed E-state index contributed by atoms with van der Waals surface area (Å²) < 4.78 is 2.01. The van der Waals surface area contributed by atoms with Gasteiger partial charge in [-0.05, 0) is 26.8 Å². The summed E-state index contributed by atoms with van der Waals surface area (Å²) in [5, 5.41) is 13.4. The molecule has 0 unspecified atom stereocenters. The number of hydrogen-bond acceptors (Lipinski definition) is 6. The van der Waals surface area contributed by atoms with Gasteiger partial charge in [-0.15, -0.1) is 10.2 Å². The minimum Gasteiger partial charge on any atom is -0.302 e. The number of hydrogen-bond donors (Lipinski definition) is 1. The van der Waals surface area contributed by atoms with Crippen molar-refractivity contribution in [1.29, 1.82) is 0 Å². The van der Waals surface area contributed by atoms with Gasteiger partial charge in [-0.3, -0.25) is 9.78 Å². The molecule has 144 valence electrons. The van der Waals surface area contributed by atoms with Crippen molar-refractivity contribution in [1.82, 2.24) is 25.2 Å². The van der Waals surface area contributed by atoms with Crippen LogP contribution in [0.2, 0.25) is 0 Å². The molecule has 1 amide bonds. The summed E-state index contributed by atoms with van der Waals surface area (Å²) in [6.07, 6.45) is 3.40. The Balaban J connectivity index is 1.63. The van der Waals surface area contributed by atoms with Crippen LogP contribution in [0.5, 0.6) is 0 Å². The molecule has 0 aliphatic rings. The molecule has 0 aliphatic carbocycles. The highest BCUT2D eigenvalue weighted by Crippen LogP contribution is 2.24. The molecule has 1 N–H and O–H groups in total. The maximum atomic E-state index is 12.2. The second kappa shape index (κ2) is 9.27. The molecule has 0 radical (unpaired) electrons. The van der Waals surface area contributed by atoms with Gasteiger partial charge in [0.1, 0.15) is 0 Å². The predicted octanol–water partition coefficient (Wildman–Crippen LogP) is 3.30. The van der Waals surface area contributed by atoms with Gasteiger partial charge in [-0.1, -0.05) is 47.7 Å². The van der Waals surface area contributed by atoms with Crippen LogP contribution < -0.4 is 5.43 Å². The number of aryl methyl sites for hydroxylation is 1. The van der Waals surface area contributed by atoms with Crippen LogP contribution in [-0.2, 0) is 11.3 Å². The molecule has 3 aromatic rings. The second-order valence-corrected chi connectivity index (χ2v) is 7.12. The normalized spacial score (nSPS) is 11.5. The first-order chi connectivity index (χ1) is 13.6. The van der Waals surface area contributed by atoms with E-state index in [1.165, 1.54) is 17.3 Å². The molecule has 0 bridgehead atoms. The summed E-state index contributed by atoms with van der Waals surface area (Å²) in [5.41, 5.74) is 6.34. The van der Waals surface area contributed by atoms with E-state index in [1.807, 2.05) is 61.7 Å². The van der Waals surface area contributed by atoms with Crippen LogP contribution in [0, 0.1) is 6.92 Å². The second-order valence-electron chi connectivity index (χ2n) is 6.18. The van der Waals surface area contributed by atoms with Crippen LogP contribution in [0.3, 0.4) is 0 Å². The van der Waals surface area contributed by atoms with Crippen molar-refractivity contribution in [3.8, 4) is 11.4 Å². The van der Waals surface area contributed by atoms with Gasteiger partial charge in [0.2, 0.25) is 0 Å². The highest BCUT2D eigenvalue weighted by atomic mass is 32.2. The first-order valence-corrected chi connectivity index (χ1v) is 9.93. The van der Waals surface area contributed by atoms with E-state index in [0.29, 0.717) is 10.9 Å². The van der Waals surface area contributed by atoms with E-state index in [1.54, 1.807) is 12.4 Å². The van der Waals surface area contributed by atoms with E-state index in [0.717, 1.165) is 23.5 Å². The number of amides is 1. The number of hydrazone groups is 1. The molecule has 0 aliphatic heterocycles. The van der Waals surface area contributed by atoms with Crippen LogP contribution in [0.1, 0.15) is 25.0 Å². The molecule has 0 atom stereocenters. The molecule has 7 nitrogen and oxygen atoms in total. The van der Waals surface area contributed by atoms with E-state index in [4.69, 9.17) is 0 Å². The minimum absolute atomic E-state index is 0.198. The molecule has 2 aromatic heterocycles. The van der Waals surface area contributed by atoms with Gasteiger partial charge in [0, 0.05) is 30.1 Å². The molecule has 0 saturated heterocycles. The van der Waals surface area contributed by atoms with Crippen LogP contribution in [0.4, 0.5) is 0 Å². The SMILES string of the molecule is CCn1c(SCC(=O)N/N=C(/C)c2cccnc2)nnc1-c1ccc(C)cc1. The maximum absolute atomic E-state index is 12.2. The molecule has 0 saturated carbocycles. The lowest BCUT2D eigenvalue weighted by molar-refractivity contribution is -0.118.